The average molecular weight is 519 g/mol. The highest BCUT2D eigenvalue weighted by Crippen LogP contribution is 2.60. The SMILES string of the molecule is C=C1/C(=C\C=C2/CCC[C@@]3(C)C2CC[C@@H]3[C@H](C)CCCC(O)(CC)CC)C[C@@H](O)[C@@H](OCCCO)[C@@H]1O. The highest BCUT2D eigenvalue weighted by molar-refractivity contribution is 5.40. The Hall–Kier alpha value is -0.980. The summed E-state index contributed by atoms with van der Waals surface area (Å²) in [7, 11) is 0. The Morgan fingerprint density at radius 1 is 1.16 bits per heavy atom. The first-order valence-electron chi connectivity index (χ1n) is 15.0. The Morgan fingerprint density at radius 3 is 2.57 bits per heavy atom. The van der Waals surface area contributed by atoms with E-state index in [-0.39, 0.29) is 6.61 Å². The number of hydrogen-bond acceptors (Lipinski definition) is 5. The third kappa shape index (κ3) is 6.97. The fourth-order valence-electron chi connectivity index (χ4n) is 7.71. The predicted octanol–water partition coefficient (Wildman–Crippen LogP) is 5.86. The Labute approximate surface area is 225 Å². The molecule has 0 amide bonds. The Kier molecular flexibility index (Phi) is 11.1. The third-order valence-electron chi connectivity index (χ3n) is 10.3. The van der Waals surface area contributed by atoms with Crippen molar-refractivity contribution in [3.05, 3.63) is 35.5 Å². The topological polar surface area (TPSA) is 90.2 Å². The van der Waals surface area contributed by atoms with Crippen LogP contribution in [0.1, 0.15) is 105 Å². The van der Waals surface area contributed by atoms with Crippen molar-refractivity contribution in [3.8, 4) is 0 Å². The van der Waals surface area contributed by atoms with Gasteiger partial charge < -0.3 is 25.2 Å². The number of aliphatic hydroxyl groups is 4. The van der Waals surface area contributed by atoms with Gasteiger partial charge >= 0.3 is 0 Å². The van der Waals surface area contributed by atoms with Gasteiger partial charge in [-0.25, -0.2) is 0 Å². The Morgan fingerprint density at radius 2 is 1.89 bits per heavy atom. The van der Waals surface area contributed by atoms with Crippen LogP contribution in [0.15, 0.2) is 35.5 Å². The molecule has 4 N–H and O–H groups in total. The van der Waals surface area contributed by atoms with Crippen molar-refractivity contribution >= 4 is 0 Å². The zero-order valence-corrected chi connectivity index (χ0v) is 23.9. The zero-order valence-electron chi connectivity index (χ0n) is 23.9. The fourth-order valence-corrected chi connectivity index (χ4v) is 7.71. The van der Waals surface area contributed by atoms with Crippen molar-refractivity contribution < 1.29 is 25.2 Å². The maximum atomic E-state index is 10.7. The molecule has 3 rings (SSSR count). The highest BCUT2D eigenvalue weighted by atomic mass is 16.5. The molecular weight excluding hydrogens is 464 g/mol. The van der Waals surface area contributed by atoms with Crippen LogP contribution in [0.25, 0.3) is 0 Å². The molecule has 3 aliphatic carbocycles. The first kappa shape index (κ1) is 30.6. The first-order valence-corrected chi connectivity index (χ1v) is 15.0. The molecule has 0 aliphatic heterocycles. The van der Waals surface area contributed by atoms with E-state index in [2.05, 4.69) is 46.4 Å². The van der Waals surface area contributed by atoms with E-state index < -0.39 is 23.9 Å². The van der Waals surface area contributed by atoms with Crippen molar-refractivity contribution in [3.63, 3.8) is 0 Å². The summed E-state index contributed by atoms with van der Waals surface area (Å²) in [6.45, 7) is 13.6. The quantitative estimate of drug-likeness (QED) is 0.243. The maximum absolute atomic E-state index is 10.7. The second kappa shape index (κ2) is 13.4. The lowest BCUT2D eigenvalue weighted by Gasteiger charge is -2.44. The van der Waals surface area contributed by atoms with Crippen LogP contribution in [0, 0.1) is 23.2 Å². The van der Waals surface area contributed by atoms with Gasteiger partial charge in [-0.1, -0.05) is 64.8 Å². The summed E-state index contributed by atoms with van der Waals surface area (Å²) in [4.78, 5) is 0. The van der Waals surface area contributed by atoms with Gasteiger partial charge in [-0.15, -0.1) is 0 Å². The van der Waals surface area contributed by atoms with Crippen molar-refractivity contribution in [2.24, 2.45) is 23.2 Å². The average Bonchev–Trinajstić information content (AvgIpc) is 3.24. The fraction of sp³-hybridized carbons (Fsp3) is 0.812. The van der Waals surface area contributed by atoms with Crippen LogP contribution in [-0.2, 0) is 4.74 Å². The predicted molar refractivity (Wildman–Crippen MR) is 150 cm³/mol. The van der Waals surface area contributed by atoms with E-state index in [0.29, 0.717) is 42.3 Å². The van der Waals surface area contributed by atoms with Gasteiger partial charge in [0, 0.05) is 19.6 Å². The molecule has 5 nitrogen and oxygen atoms in total. The number of fused-ring (bicyclic) bond motifs is 1. The lowest BCUT2D eigenvalue weighted by atomic mass is 9.60. The second-order valence-corrected chi connectivity index (χ2v) is 12.5. The van der Waals surface area contributed by atoms with Crippen LogP contribution in [0.4, 0.5) is 0 Å². The van der Waals surface area contributed by atoms with Crippen LogP contribution in [0.2, 0.25) is 0 Å². The molecule has 0 aromatic carbocycles. The summed E-state index contributed by atoms with van der Waals surface area (Å²) in [5.74, 6) is 1.97. The molecule has 0 spiro atoms. The van der Waals surface area contributed by atoms with Crippen molar-refractivity contribution in [2.75, 3.05) is 13.2 Å². The molecule has 1 unspecified atom stereocenters. The van der Waals surface area contributed by atoms with Gasteiger partial charge in [-0.2, -0.15) is 0 Å². The van der Waals surface area contributed by atoms with E-state index in [9.17, 15) is 15.3 Å². The molecule has 0 saturated heterocycles. The van der Waals surface area contributed by atoms with Crippen LogP contribution in [0.3, 0.4) is 0 Å². The normalized spacial score (nSPS) is 35.8. The molecule has 212 valence electrons. The molecule has 0 heterocycles. The highest BCUT2D eigenvalue weighted by Gasteiger charge is 2.50. The summed E-state index contributed by atoms with van der Waals surface area (Å²) in [6.07, 6.45) is 13.9. The minimum Gasteiger partial charge on any atom is -0.396 e. The largest absolute Gasteiger partial charge is 0.396 e. The zero-order chi connectivity index (χ0) is 27.2. The van der Waals surface area contributed by atoms with Crippen LogP contribution in [-0.4, -0.2) is 57.6 Å². The van der Waals surface area contributed by atoms with Gasteiger partial charge in [0.2, 0.25) is 0 Å². The first-order chi connectivity index (χ1) is 17.6. The standard InChI is InChI=1S/C32H54O5/c1-6-32(36,7-2)18-8-11-22(3)26-15-16-27-24(12-9-17-31(26,27)5)13-14-25-21-28(34)30(29(35)23(25)4)37-20-10-19-33/h13-14,22,26-30,33-36H,4,6-12,15-21H2,1-3,5H3/b24-13+,25-14-/t22-,26-,27?,28-,29-,30-,31-/m1/s1. The minimum absolute atomic E-state index is 0.0272. The number of ether oxygens (including phenoxy) is 1. The monoisotopic (exact) mass is 518 g/mol. The summed E-state index contributed by atoms with van der Waals surface area (Å²) in [6, 6.07) is 0. The number of aliphatic hydroxyl groups excluding tert-OH is 3. The molecule has 0 aromatic heterocycles. The van der Waals surface area contributed by atoms with Crippen LogP contribution in [0.5, 0.6) is 0 Å². The Balaban J connectivity index is 1.65. The van der Waals surface area contributed by atoms with Gasteiger partial charge in [0.1, 0.15) is 12.2 Å². The number of allylic oxidation sites excluding steroid dienone is 3. The van der Waals surface area contributed by atoms with E-state index in [0.717, 1.165) is 43.6 Å². The molecule has 3 fully saturated rings. The molecule has 3 saturated carbocycles. The van der Waals surface area contributed by atoms with E-state index in [1.54, 1.807) is 0 Å². The van der Waals surface area contributed by atoms with Gasteiger partial charge in [-0.05, 0) is 92.1 Å². The number of rotatable bonds is 12. The molecule has 3 aliphatic rings. The summed E-state index contributed by atoms with van der Waals surface area (Å²) >= 11 is 0. The molecule has 37 heavy (non-hydrogen) atoms. The lowest BCUT2D eigenvalue weighted by Crippen LogP contribution is -2.45. The molecule has 5 heteroatoms. The third-order valence-corrected chi connectivity index (χ3v) is 10.3. The molecule has 0 radical (unpaired) electrons. The van der Waals surface area contributed by atoms with Gasteiger partial charge in [0.05, 0.1) is 11.7 Å². The molecule has 0 aromatic rings. The van der Waals surface area contributed by atoms with Gasteiger partial charge in [-0.3, -0.25) is 0 Å². The summed E-state index contributed by atoms with van der Waals surface area (Å²) in [5.41, 5.74) is 2.88. The van der Waals surface area contributed by atoms with E-state index in [4.69, 9.17) is 9.84 Å². The summed E-state index contributed by atoms with van der Waals surface area (Å²) in [5, 5.41) is 41.0. The van der Waals surface area contributed by atoms with Crippen molar-refractivity contribution in [1.29, 1.82) is 0 Å². The van der Waals surface area contributed by atoms with Gasteiger partial charge in [0.25, 0.3) is 0 Å². The van der Waals surface area contributed by atoms with E-state index in [1.165, 1.54) is 37.7 Å². The summed E-state index contributed by atoms with van der Waals surface area (Å²) < 4.78 is 5.65. The molecular formula is C32H54O5. The molecule has 0 bridgehead atoms. The van der Waals surface area contributed by atoms with Gasteiger partial charge in [0.15, 0.2) is 0 Å². The minimum atomic E-state index is -0.932. The smallest absolute Gasteiger partial charge is 0.114 e. The van der Waals surface area contributed by atoms with Crippen LogP contribution >= 0.6 is 0 Å². The molecule has 7 atom stereocenters. The van der Waals surface area contributed by atoms with Crippen molar-refractivity contribution in [1.82, 2.24) is 0 Å². The lowest BCUT2D eigenvalue weighted by molar-refractivity contribution is -0.0968. The second-order valence-electron chi connectivity index (χ2n) is 12.5. The number of hydrogen-bond donors (Lipinski definition) is 4. The maximum Gasteiger partial charge on any atom is 0.114 e. The van der Waals surface area contributed by atoms with E-state index >= 15 is 0 Å². The van der Waals surface area contributed by atoms with E-state index in [1.807, 2.05) is 0 Å². The van der Waals surface area contributed by atoms with Crippen LogP contribution < -0.4 is 0 Å². The Bertz CT molecular complexity index is 812. The van der Waals surface area contributed by atoms with Crippen molar-refractivity contribution in [2.45, 2.75) is 129 Å².